The van der Waals surface area contributed by atoms with E-state index in [0.717, 1.165) is 5.69 Å². The van der Waals surface area contributed by atoms with Crippen LogP contribution in [-0.4, -0.2) is 49.0 Å². The summed E-state index contributed by atoms with van der Waals surface area (Å²) in [6.45, 7) is 9.16. The summed E-state index contributed by atoms with van der Waals surface area (Å²) >= 11 is 0. The Bertz CT molecular complexity index is 363. The van der Waals surface area contributed by atoms with Crippen molar-refractivity contribution in [1.29, 1.82) is 0 Å². The summed E-state index contributed by atoms with van der Waals surface area (Å²) in [5.74, 6) is 0.514. The van der Waals surface area contributed by atoms with Gasteiger partial charge in [0.2, 0.25) is 5.88 Å². The van der Waals surface area contributed by atoms with Gasteiger partial charge in [0.25, 0.3) is 0 Å². The molecule has 0 amide bonds. The first-order valence-corrected chi connectivity index (χ1v) is 6.77. The molecule has 20 heavy (non-hydrogen) atoms. The van der Waals surface area contributed by atoms with Gasteiger partial charge < -0.3 is 19.5 Å². The standard InChI is InChI=1S/C14H25N3O3/c1-14(2,3)17-10-12-9-16-13(11-15-12)20-8-7-19-6-5-18-4/h9,11,17H,5-8,10H2,1-4H3. The van der Waals surface area contributed by atoms with Crippen molar-refractivity contribution in [2.45, 2.75) is 32.9 Å². The highest BCUT2D eigenvalue weighted by atomic mass is 16.5. The molecule has 0 spiro atoms. The molecular formula is C14H25N3O3. The van der Waals surface area contributed by atoms with Gasteiger partial charge >= 0.3 is 0 Å². The Morgan fingerprint density at radius 2 is 1.80 bits per heavy atom. The molecule has 0 aliphatic rings. The molecule has 0 radical (unpaired) electrons. The number of rotatable bonds is 9. The Labute approximate surface area is 120 Å². The average molecular weight is 283 g/mol. The van der Waals surface area contributed by atoms with Crippen LogP contribution in [0.3, 0.4) is 0 Å². The maximum absolute atomic E-state index is 5.43. The molecule has 0 atom stereocenters. The Morgan fingerprint density at radius 1 is 1.05 bits per heavy atom. The first-order chi connectivity index (χ1) is 9.51. The predicted octanol–water partition coefficient (Wildman–Crippen LogP) is 1.41. The van der Waals surface area contributed by atoms with Gasteiger partial charge in [0.05, 0.1) is 37.9 Å². The highest BCUT2D eigenvalue weighted by Crippen LogP contribution is 2.05. The number of aromatic nitrogens is 2. The number of methoxy groups -OCH3 is 1. The van der Waals surface area contributed by atoms with E-state index in [0.29, 0.717) is 38.9 Å². The molecule has 0 unspecified atom stereocenters. The zero-order valence-electron chi connectivity index (χ0n) is 12.8. The number of ether oxygens (including phenoxy) is 3. The zero-order chi connectivity index (χ0) is 14.8. The van der Waals surface area contributed by atoms with Crippen LogP contribution in [0.25, 0.3) is 0 Å². The van der Waals surface area contributed by atoms with E-state index in [1.807, 2.05) is 0 Å². The van der Waals surface area contributed by atoms with Crippen LogP contribution in [0.4, 0.5) is 0 Å². The quantitative estimate of drug-likeness (QED) is 0.691. The third kappa shape index (κ3) is 8.04. The third-order valence-corrected chi connectivity index (χ3v) is 2.39. The summed E-state index contributed by atoms with van der Waals surface area (Å²) in [5.41, 5.74) is 0.958. The Kier molecular flexibility index (Phi) is 7.43. The van der Waals surface area contributed by atoms with E-state index in [1.165, 1.54) is 0 Å². The summed E-state index contributed by atoms with van der Waals surface area (Å²) in [6, 6.07) is 0. The SMILES string of the molecule is COCCOCCOc1cnc(CNC(C)(C)C)cn1. The van der Waals surface area contributed by atoms with Crippen molar-refractivity contribution in [2.24, 2.45) is 0 Å². The van der Waals surface area contributed by atoms with Crippen LogP contribution in [-0.2, 0) is 16.0 Å². The fourth-order valence-electron chi connectivity index (χ4n) is 1.31. The number of hydrogen-bond donors (Lipinski definition) is 1. The maximum atomic E-state index is 5.43. The summed E-state index contributed by atoms with van der Waals surface area (Å²) in [4.78, 5) is 8.51. The Balaban J connectivity index is 2.21. The third-order valence-electron chi connectivity index (χ3n) is 2.39. The summed E-state index contributed by atoms with van der Waals surface area (Å²) in [6.07, 6.45) is 3.36. The van der Waals surface area contributed by atoms with Crippen LogP contribution in [0, 0.1) is 0 Å². The molecule has 1 aromatic heterocycles. The summed E-state index contributed by atoms with van der Waals surface area (Å²) in [5, 5.41) is 3.35. The first kappa shape index (κ1) is 16.8. The lowest BCUT2D eigenvalue weighted by atomic mass is 10.1. The molecule has 1 aromatic rings. The van der Waals surface area contributed by atoms with E-state index >= 15 is 0 Å². The minimum absolute atomic E-state index is 0.0659. The van der Waals surface area contributed by atoms with Crippen molar-refractivity contribution in [1.82, 2.24) is 15.3 Å². The van der Waals surface area contributed by atoms with Gasteiger partial charge in [0, 0.05) is 19.2 Å². The molecular weight excluding hydrogens is 258 g/mol. The smallest absolute Gasteiger partial charge is 0.232 e. The molecule has 0 saturated heterocycles. The van der Waals surface area contributed by atoms with Gasteiger partial charge in [0.1, 0.15) is 6.61 Å². The highest BCUT2D eigenvalue weighted by molar-refractivity contribution is 5.07. The lowest BCUT2D eigenvalue weighted by Gasteiger charge is -2.19. The lowest BCUT2D eigenvalue weighted by Crippen LogP contribution is -2.35. The monoisotopic (exact) mass is 283 g/mol. The molecule has 0 saturated carbocycles. The number of nitrogens with zero attached hydrogens (tertiary/aromatic N) is 2. The van der Waals surface area contributed by atoms with E-state index in [1.54, 1.807) is 19.5 Å². The van der Waals surface area contributed by atoms with Crippen molar-refractivity contribution >= 4 is 0 Å². The molecule has 0 aromatic carbocycles. The maximum Gasteiger partial charge on any atom is 0.232 e. The van der Waals surface area contributed by atoms with Crippen molar-refractivity contribution < 1.29 is 14.2 Å². The van der Waals surface area contributed by atoms with E-state index in [-0.39, 0.29) is 5.54 Å². The van der Waals surface area contributed by atoms with Crippen LogP contribution in [0.2, 0.25) is 0 Å². The van der Waals surface area contributed by atoms with Crippen LogP contribution in [0.15, 0.2) is 12.4 Å². The second-order valence-corrected chi connectivity index (χ2v) is 5.40. The van der Waals surface area contributed by atoms with Crippen molar-refractivity contribution in [2.75, 3.05) is 33.5 Å². The summed E-state index contributed by atoms with van der Waals surface area (Å²) < 4.78 is 15.6. The number of hydrogen-bond acceptors (Lipinski definition) is 6. The van der Waals surface area contributed by atoms with Gasteiger partial charge in [0.15, 0.2) is 0 Å². The number of nitrogens with one attached hydrogen (secondary N) is 1. The lowest BCUT2D eigenvalue weighted by molar-refractivity contribution is 0.0536. The van der Waals surface area contributed by atoms with Gasteiger partial charge in [-0.3, -0.25) is 4.98 Å². The topological polar surface area (TPSA) is 65.5 Å². The summed E-state index contributed by atoms with van der Waals surface area (Å²) in [7, 11) is 1.64. The first-order valence-electron chi connectivity index (χ1n) is 6.77. The van der Waals surface area contributed by atoms with Crippen molar-refractivity contribution in [3.8, 4) is 5.88 Å². The van der Waals surface area contributed by atoms with Crippen molar-refractivity contribution in [3.63, 3.8) is 0 Å². The van der Waals surface area contributed by atoms with Gasteiger partial charge in [-0.2, -0.15) is 0 Å². The molecule has 1 heterocycles. The largest absolute Gasteiger partial charge is 0.474 e. The Hall–Kier alpha value is -1.24. The minimum Gasteiger partial charge on any atom is -0.474 e. The van der Waals surface area contributed by atoms with E-state index < -0.39 is 0 Å². The van der Waals surface area contributed by atoms with E-state index in [4.69, 9.17) is 14.2 Å². The molecule has 0 fully saturated rings. The Morgan fingerprint density at radius 3 is 2.40 bits per heavy atom. The molecule has 0 bridgehead atoms. The highest BCUT2D eigenvalue weighted by Gasteiger charge is 2.09. The molecule has 1 rings (SSSR count). The molecule has 0 aliphatic heterocycles. The molecule has 0 aliphatic carbocycles. The zero-order valence-corrected chi connectivity index (χ0v) is 12.8. The van der Waals surface area contributed by atoms with Gasteiger partial charge in [-0.15, -0.1) is 0 Å². The normalized spacial score (nSPS) is 11.6. The minimum atomic E-state index is 0.0659. The van der Waals surface area contributed by atoms with Crippen LogP contribution in [0.1, 0.15) is 26.5 Å². The molecule has 1 N–H and O–H groups in total. The molecule has 114 valence electrons. The van der Waals surface area contributed by atoms with Gasteiger partial charge in [-0.05, 0) is 20.8 Å². The average Bonchev–Trinajstić information content (AvgIpc) is 2.41. The van der Waals surface area contributed by atoms with E-state index in [9.17, 15) is 0 Å². The second kappa shape index (κ2) is 8.84. The van der Waals surface area contributed by atoms with Gasteiger partial charge in [-0.1, -0.05) is 0 Å². The molecule has 6 heteroatoms. The van der Waals surface area contributed by atoms with Crippen LogP contribution in [0.5, 0.6) is 5.88 Å². The second-order valence-electron chi connectivity index (χ2n) is 5.40. The van der Waals surface area contributed by atoms with E-state index in [2.05, 4.69) is 36.1 Å². The van der Waals surface area contributed by atoms with Gasteiger partial charge in [-0.25, -0.2) is 4.98 Å². The van der Waals surface area contributed by atoms with Crippen LogP contribution >= 0.6 is 0 Å². The van der Waals surface area contributed by atoms with Crippen LogP contribution < -0.4 is 10.1 Å². The fraction of sp³-hybridized carbons (Fsp3) is 0.714. The predicted molar refractivity (Wildman–Crippen MR) is 76.8 cm³/mol. The molecule has 6 nitrogen and oxygen atoms in total. The fourth-order valence-corrected chi connectivity index (χ4v) is 1.31. The van der Waals surface area contributed by atoms with Crippen molar-refractivity contribution in [3.05, 3.63) is 18.1 Å².